The SMILES string of the molecule is N#Cc1ncccc1S(=O)(=O)NCCCCO. The van der Waals surface area contributed by atoms with Gasteiger partial charge < -0.3 is 5.11 Å². The minimum atomic E-state index is -3.70. The second-order valence-corrected chi connectivity index (χ2v) is 5.03. The lowest BCUT2D eigenvalue weighted by atomic mass is 10.3. The van der Waals surface area contributed by atoms with Crippen molar-refractivity contribution in [3.63, 3.8) is 0 Å². The van der Waals surface area contributed by atoms with E-state index in [9.17, 15) is 8.42 Å². The number of aliphatic hydroxyl groups is 1. The van der Waals surface area contributed by atoms with E-state index >= 15 is 0 Å². The van der Waals surface area contributed by atoms with Crippen LogP contribution in [0.25, 0.3) is 0 Å². The number of hydrogen-bond donors (Lipinski definition) is 2. The monoisotopic (exact) mass is 255 g/mol. The molecule has 0 atom stereocenters. The largest absolute Gasteiger partial charge is 0.396 e. The highest BCUT2D eigenvalue weighted by Crippen LogP contribution is 2.11. The van der Waals surface area contributed by atoms with Crippen LogP contribution < -0.4 is 4.72 Å². The number of aromatic nitrogens is 1. The molecule has 0 aromatic carbocycles. The Morgan fingerprint density at radius 3 is 2.88 bits per heavy atom. The summed E-state index contributed by atoms with van der Waals surface area (Å²) in [4.78, 5) is 3.57. The van der Waals surface area contributed by atoms with Crippen LogP contribution in [-0.2, 0) is 10.0 Å². The van der Waals surface area contributed by atoms with Gasteiger partial charge in [0, 0.05) is 19.3 Å². The lowest BCUT2D eigenvalue weighted by Crippen LogP contribution is -2.26. The maximum Gasteiger partial charge on any atom is 0.243 e. The Hall–Kier alpha value is -1.49. The van der Waals surface area contributed by atoms with E-state index in [0.29, 0.717) is 12.8 Å². The minimum Gasteiger partial charge on any atom is -0.396 e. The van der Waals surface area contributed by atoms with E-state index in [1.54, 1.807) is 6.07 Å². The van der Waals surface area contributed by atoms with Gasteiger partial charge in [0.1, 0.15) is 11.0 Å². The lowest BCUT2D eigenvalue weighted by molar-refractivity contribution is 0.285. The molecule has 0 saturated carbocycles. The van der Waals surface area contributed by atoms with Gasteiger partial charge in [-0.2, -0.15) is 5.26 Å². The van der Waals surface area contributed by atoms with Gasteiger partial charge in [0.25, 0.3) is 0 Å². The third-order valence-electron chi connectivity index (χ3n) is 2.04. The van der Waals surface area contributed by atoms with Crippen molar-refractivity contribution in [3.8, 4) is 6.07 Å². The van der Waals surface area contributed by atoms with E-state index in [0.717, 1.165) is 0 Å². The summed E-state index contributed by atoms with van der Waals surface area (Å²) in [5.41, 5.74) is -0.123. The van der Waals surface area contributed by atoms with E-state index in [4.69, 9.17) is 10.4 Å². The average Bonchev–Trinajstić information content (AvgIpc) is 2.34. The van der Waals surface area contributed by atoms with Crippen LogP contribution in [0.4, 0.5) is 0 Å². The molecule has 6 nitrogen and oxygen atoms in total. The highest BCUT2D eigenvalue weighted by Gasteiger charge is 2.18. The zero-order chi connectivity index (χ0) is 12.7. The van der Waals surface area contributed by atoms with E-state index in [1.807, 2.05) is 0 Å². The molecule has 17 heavy (non-hydrogen) atoms. The second-order valence-electron chi connectivity index (χ2n) is 3.29. The third kappa shape index (κ3) is 3.78. The summed E-state index contributed by atoms with van der Waals surface area (Å²) in [7, 11) is -3.70. The van der Waals surface area contributed by atoms with E-state index in [1.165, 1.54) is 18.3 Å². The van der Waals surface area contributed by atoms with Crippen LogP contribution in [0.2, 0.25) is 0 Å². The smallest absolute Gasteiger partial charge is 0.243 e. The molecule has 0 unspecified atom stereocenters. The van der Waals surface area contributed by atoms with Gasteiger partial charge in [0.2, 0.25) is 10.0 Å². The Labute approximate surface area is 100.0 Å². The first-order chi connectivity index (χ1) is 8.11. The first kappa shape index (κ1) is 13.6. The number of nitriles is 1. The molecule has 1 aromatic rings. The maximum atomic E-state index is 11.8. The van der Waals surface area contributed by atoms with Crippen molar-refractivity contribution in [1.29, 1.82) is 5.26 Å². The quantitative estimate of drug-likeness (QED) is 0.697. The molecular weight excluding hydrogens is 242 g/mol. The van der Waals surface area contributed by atoms with Crippen molar-refractivity contribution in [2.75, 3.05) is 13.2 Å². The van der Waals surface area contributed by atoms with Gasteiger partial charge in [-0.05, 0) is 25.0 Å². The molecule has 0 amide bonds. The van der Waals surface area contributed by atoms with Crippen molar-refractivity contribution >= 4 is 10.0 Å². The number of hydrogen-bond acceptors (Lipinski definition) is 5. The van der Waals surface area contributed by atoms with Crippen LogP contribution in [0.3, 0.4) is 0 Å². The fraction of sp³-hybridized carbons (Fsp3) is 0.400. The van der Waals surface area contributed by atoms with Gasteiger partial charge in [-0.15, -0.1) is 0 Å². The summed E-state index contributed by atoms with van der Waals surface area (Å²) in [6, 6.07) is 4.53. The van der Waals surface area contributed by atoms with Crippen LogP contribution in [-0.4, -0.2) is 31.7 Å². The van der Waals surface area contributed by atoms with Gasteiger partial charge in [-0.25, -0.2) is 18.1 Å². The van der Waals surface area contributed by atoms with Gasteiger partial charge in [-0.1, -0.05) is 0 Å². The molecule has 0 fully saturated rings. The fourth-order valence-electron chi connectivity index (χ4n) is 1.21. The predicted molar refractivity (Wildman–Crippen MR) is 60.5 cm³/mol. The fourth-order valence-corrected chi connectivity index (χ4v) is 2.39. The Bertz CT molecular complexity index is 508. The summed E-state index contributed by atoms with van der Waals surface area (Å²) < 4.78 is 26.0. The molecular formula is C10H13N3O3S. The van der Waals surface area contributed by atoms with Gasteiger partial charge in [-0.3, -0.25) is 0 Å². The van der Waals surface area contributed by atoms with Gasteiger partial charge in [0.05, 0.1) is 0 Å². The normalized spacial score (nSPS) is 11.1. The molecule has 0 radical (unpaired) electrons. The molecule has 1 rings (SSSR count). The Morgan fingerprint density at radius 1 is 1.47 bits per heavy atom. The number of sulfonamides is 1. The van der Waals surface area contributed by atoms with E-state index in [2.05, 4.69) is 9.71 Å². The average molecular weight is 255 g/mol. The summed E-state index contributed by atoms with van der Waals surface area (Å²) in [5.74, 6) is 0. The number of rotatable bonds is 6. The summed E-state index contributed by atoms with van der Waals surface area (Å²) in [6.45, 7) is 0.251. The van der Waals surface area contributed by atoms with Crippen LogP contribution >= 0.6 is 0 Å². The topological polar surface area (TPSA) is 103 Å². The molecule has 92 valence electrons. The first-order valence-corrected chi connectivity index (χ1v) is 6.56. The molecule has 0 aliphatic carbocycles. The van der Waals surface area contributed by atoms with Crippen molar-refractivity contribution < 1.29 is 13.5 Å². The highest BCUT2D eigenvalue weighted by molar-refractivity contribution is 7.89. The van der Waals surface area contributed by atoms with Gasteiger partial charge >= 0.3 is 0 Å². The second kappa shape index (κ2) is 6.30. The molecule has 0 bridgehead atoms. The van der Waals surface area contributed by atoms with E-state index in [-0.39, 0.29) is 23.7 Å². The van der Waals surface area contributed by atoms with Crippen LogP contribution in [0.15, 0.2) is 23.2 Å². The molecule has 1 heterocycles. The molecule has 0 aliphatic heterocycles. The number of nitrogens with zero attached hydrogens (tertiary/aromatic N) is 2. The van der Waals surface area contributed by atoms with Crippen LogP contribution in [0.1, 0.15) is 18.5 Å². The van der Waals surface area contributed by atoms with Crippen molar-refractivity contribution in [2.24, 2.45) is 0 Å². The summed E-state index contributed by atoms with van der Waals surface area (Å²) >= 11 is 0. The molecule has 1 aromatic heterocycles. The maximum absolute atomic E-state index is 11.8. The molecule has 7 heteroatoms. The Kier molecular flexibility index (Phi) is 5.03. The first-order valence-electron chi connectivity index (χ1n) is 5.07. The third-order valence-corrected chi connectivity index (χ3v) is 3.54. The summed E-state index contributed by atoms with van der Waals surface area (Å²) in [5, 5.41) is 17.3. The predicted octanol–water partition coefficient (Wildman–Crippen LogP) is 0.00408. The standard InChI is InChI=1S/C10H13N3O3S/c11-8-9-10(4-3-5-12-9)17(15,16)13-6-1-2-7-14/h3-5,13-14H,1-2,6-7H2. The Balaban J connectivity index is 2.80. The number of unbranched alkanes of at least 4 members (excludes halogenated alkanes) is 1. The molecule has 0 spiro atoms. The lowest BCUT2D eigenvalue weighted by Gasteiger charge is -2.06. The summed E-state index contributed by atoms with van der Waals surface area (Å²) in [6.07, 6.45) is 2.43. The number of nitrogens with one attached hydrogen (secondary N) is 1. The van der Waals surface area contributed by atoms with Crippen LogP contribution in [0.5, 0.6) is 0 Å². The Morgan fingerprint density at radius 2 is 2.24 bits per heavy atom. The number of pyridine rings is 1. The van der Waals surface area contributed by atoms with Crippen molar-refractivity contribution in [1.82, 2.24) is 9.71 Å². The van der Waals surface area contributed by atoms with Crippen molar-refractivity contribution in [3.05, 3.63) is 24.0 Å². The molecule has 0 saturated heterocycles. The zero-order valence-electron chi connectivity index (χ0n) is 9.13. The highest BCUT2D eigenvalue weighted by atomic mass is 32.2. The molecule has 2 N–H and O–H groups in total. The van der Waals surface area contributed by atoms with Gasteiger partial charge in [0.15, 0.2) is 5.69 Å². The van der Waals surface area contributed by atoms with Crippen LogP contribution in [0, 0.1) is 11.3 Å². The number of aliphatic hydroxyl groups excluding tert-OH is 1. The van der Waals surface area contributed by atoms with Crippen molar-refractivity contribution in [2.45, 2.75) is 17.7 Å². The van der Waals surface area contributed by atoms with E-state index < -0.39 is 10.0 Å². The molecule has 0 aliphatic rings. The zero-order valence-corrected chi connectivity index (χ0v) is 9.94. The minimum absolute atomic E-state index is 0.0259.